The molecule has 0 unspecified atom stereocenters. The number of piperidine rings is 1. The molecule has 8 nitrogen and oxygen atoms in total. The first-order chi connectivity index (χ1) is 16.1. The van der Waals surface area contributed by atoms with E-state index in [1.54, 1.807) is 22.7 Å². The minimum atomic E-state index is 0.519. The Kier molecular flexibility index (Phi) is 5.16. The summed E-state index contributed by atoms with van der Waals surface area (Å²) in [5.41, 5.74) is 4.02. The van der Waals surface area contributed by atoms with E-state index in [4.69, 9.17) is 15.0 Å². The van der Waals surface area contributed by atoms with Crippen LogP contribution in [0.2, 0.25) is 0 Å². The molecular formula is C23H26N8S2. The Labute approximate surface area is 199 Å². The van der Waals surface area contributed by atoms with E-state index in [1.807, 2.05) is 23.3 Å². The first-order valence-corrected chi connectivity index (χ1v) is 13.0. The lowest BCUT2D eigenvalue weighted by atomic mass is 10.00. The third-order valence-corrected chi connectivity index (χ3v) is 8.60. The van der Waals surface area contributed by atoms with Gasteiger partial charge >= 0.3 is 0 Å². The number of aryl methyl sites for hydroxylation is 1. The molecular weight excluding hydrogens is 452 g/mol. The second kappa shape index (κ2) is 8.19. The van der Waals surface area contributed by atoms with Gasteiger partial charge in [0.1, 0.15) is 10.7 Å². The first kappa shape index (κ1) is 20.8. The summed E-state index contributed by atoms with van der Waals surface area (Å²) in [6, 6.07) is 3.16. The smallest absolute Gasteiger partial charge is 0.188 e. The molecule has 6 rings (SSSR count). The van der Waals surface area contributed by atoms with Crippen molar-refractivity contribution in [2.24, 2.45) is 0 Å². The largest absolute Gasteiger partial charge is 0.359 e. The van der Waals surface area contributed by atoms with E-state index in [-0.39, 0.29) is 0 Å². The van der Waals surface area contributed by atoms with Crippen molar-refractivity contribution >= 4 is 48.4 Å². The summed E-state index contributed by atoms with van der Waals surface area (Å²) in [4.78, 5) is 22.4. The number of rotatable bonds is 5. The predicted octanol–water partition coefficient (Wildman–Crippen LogP) is 4.76. The summed E-state index contributed by atoms with van der Waals surface area (Å²) in [5.74, 6) is 0. The first-order valence-electron chi connectivity index (χ1n) is 11.3. The average molecular weight is 479 g/mol. The van der Waals surface area contributed by atoms with Crippen LogP contribution in [0.1, 0.15) is 26.7 Å². The number of nitrogens with zero attached hydrogens (tertiary/aromatic N) is 6. The number of fused-ring (bicyclic) bond motifs is 2. The third kappa shape index (κ3) is 3.62. The van der Waals surface area contributed by atoms with Crippen LogP contribution in [0.15, 0.2) is 30.9 Å². The quantitative estimate of drug-likeness (QED) is 0.379. The van der Waals surface area contributed by atoms with Crippen molar-refractivity contribution in [2.45, 2.75) is 45.3 Å². The number of nitrogens with one attached hydrogen (secondary N) is 2. The molecule has 0 aromatic carbocycles. The number of aromatic nitrogens is 6. The third-order valence-electron chi connectivity index (χ3n) is 6.48. The number of hydrogen-bond acceptors (Lipinski definition) is 8. The molecule has 33 heavy (non-hydrogen) atoms. The van der Waals surface area contributed by atoms with Gasteiger partial charge < -0.3 is 15.2 Å². The van der Waals surface area contributed by atoms with Gasteiger partial charge in [-0.05, 0) is 39.3 Å². The highest BCUT2D eigenvalue weighted by atomic mass is 32.1. The molecule has 1 fully saturated rings. The van der Waals surface area contributed by atoms with Crippen molar-refractivity contribution in [2.75, 3.05) is 18.5 Å². The second-order valence-electron chi connectivity index (χ2n) is 8.64. The topological polar surface area (TPSA) is 87.5 Å². The van der Waals surface area contributed by atoms with Crippen molar-refractivity contribution < 1.29 is 0 Å². The van der Waals surface area contributed by atoms with Crippen molar-refractivity contribution in [1.82, 2.24) is 35.0 Å². The van der Waals surface area contributed by atoms with Gasteiger partial charge in [-0.2, -0.15) is 5.10 Å². The molecule has 0 saturated carbocycles. The highest BCUT2D eigenvalue weighted by molar-refractivity contribution is 7.29. The lowest BCUT2D eigenvalue weighted by Crippen LogP contribution is -2.45. The molecule has 5 aromatic heterocycles. The summed E-state index contributed by atoms with van der Waals surface area (Å²) in [6.45, 7) is 6.25. The maximum absolute atomic E-state index is 4.94. The summed E-state index contributed by atoms with van der Waals surface area (Å²) < 4.78 is 1.93. The van der Waals surface area contributed by atoms with E-state index >= 15 is 0 Å². The van der Waals surface area contributed by atoms with Gasteiger partial charge in [-0.1, -0.05) is 22.7 Å². The lowest BCUT2D eigenvalue weighted by Gasteiger charge is -2.34. The highest BCUT2D eigenvalue weighted by Crippen LogP contribution is 2.39. The maximum atomic E-state index is 4.94. The summed E-state index contributed by atoms with van der Waals surface area (Å²) >= 11 is 3.29. The van der Waals surface area contributed by atoms with Gasteiger partial charge in [0.15, 0.2) is 14.8 Å². The van der Waals surface area contributed by atoms with E-state index in [1.165, 1.54) is 0 Å². The van der Waals surface area contributed by atoms with E-state index in [9.17, 15) is 0 Å². The predicted molar refractivity (Wildman–Crippen MR) is 136 cm³/mol. The normalized spacial score (nSPS) is 19.0. The van der Waals surface area contributed by atoms with E-state index in [2.05, 4.69) is 53.5 Å². The molecule has 0 radical (unpaired) electrons. The molecule has 0 spiro atoms. The SMILES string of the molecule is CCn1cc(-c2cnc(-c3nc4sc(N(C)[C@H]5CCN[C@H](C)C5)nc4s3)c3[nH]ccc23)cn1. The van der Waals surface area contributed by atoms with Crippen LogP contribution in [0.25, 0.3) is 42.4 Å². The molecule has 1 aliphatic heterocycles. The molecule has 0 bridgehead atoms. The van der Waals surface area contributed by atoms with Gasteiger partial charge in [0.2, 0.25) is 0 Å². The molecule has 1 aliphatic rings. The monoisotopic (exact) mass is 478 g/mol. The minimum absolute atomic E-state index is 0.519. The Morgan fingerprint density at radius 2 is 2.09 bits per heavy atom. The van der Waals surface area contributed by atoms with Crippen LogP contribution < -0.4 is 10.2 Å². The molecule has 1 saturated heterocycles. The molecule has 5 aromatic rings. The number of H-pyrrole nitrogens is 1. The number of hydrogen-bond donors (Lipinski definition) is 2. The fourth-order valence-corrected chi connectivity index (χ4v) is 6.69. The molecule has 2 N–H and O–H groups in total. The van der Waals surface area contributed by atoms with Crippen LogP contribution in [-0.2, 0) is 6.54 Å². The Hall–Kier alpha value is -2.82. The Morgan fingerprint density at radius 1 is 1.21 bits per heavy atom. The van der Waals surface area contributed by atoms with Gasteiger partial charge in [0.05, 0.1) is 11.7 Å². The summed E-state index contributed by atoms with van der Waals surface area (Å²) in [6.07, 6.45) is 10.1. The Balaban J connectivity index is 1.33. The van der Waals surface area contributed by atoms with E-state index in [0.717, 1.165) is 73.5 Å². The highest BCUT2D eigenvalue weighted by Gasteiger charge is 2.25. The van der Waals surface area contributed by atoms with Crippen LogP contribution >= 0.6 is 22.7 Å². The van der Waals surface area contributed by atoms with E-state index < -0.39 is 0 Å². The van der Waals surface area contributed by atoms with Crippen LogP contribution in [0.5, 0.6) is 0 Å². The minimum Gasteiger partial charge on any atom is -0.359 e. The fraction of sp³-hybridized carbons (Fsp3) is 0.391. The van der Waals surface area contributed by atoms with Gasteiger partial charge in [-0.3, -0.25) is 9.67 Å². The molecule has 6 heterocycles. The van der Waals surface area contributed by atoms with Crippen molar-refractivity contribution in [3.8, 4) is 21.8 Å². The number of aromatic amines is 1. The summed E-state index contributed by atoms with van der Waals surface area (Å²) in [5, 5.41) is 11.0. The second-order valence-corrected chi connectivity index (χ2v) is 10.6. The number of anilines is 1. The molecule has 170 valence electrons. The molecule has 10 heteroatoms. The van der Waals surface area contributed by atoms with Crippen LogP contribution in [-0.4, -0.2) is 55.4 Å². The van der Waals surface area contributed by atoms with Crippen molar-refractivity contribution in [3.63, 3.8) is 0 Å². The van der Waals surface area contributed by atoms with Gasteiger partial charge in [0.25, 0.3) is 0 Å². The van der Waals surface area contributed by atoms with Gasteiger partial charge in [0, 0.05) is 60.8 Å². The Bertz CT molecular complexity index is 1400. The fourth-order valence-electron chi connectivity index (χ4n) is 4.62. The zero-order valence-electron chi connectivity index (χ0n) is 18.9. The lowest BCUT2D eigenvalue weighted by molar-refractivity contribution is 0.371. The van der Waals surface area contributed by atoms with Crippen LogP contribution in [0, 0.1) is 0 Å². The van der Waals surface area contributed by atoms with Crippen molar-refractivity contribution in [3.05, 3.63) is 30.9 Å². The van der Waals surface area contributed by atoms with Crippen molar-refractivity contribution in [1.29, 1.82) is 0 Å². The van der Waals surface area contributed by atoms with Crippen LogP contribution in [0.3, 0.4) is 0 Å². The standard InChI is InChI=1S/C23H26N8S2/c1-4-31-12-14(10-27-31)17-11-26-19(18-16(17)6-8-25-18)20-28-21-22(32-20)29-23(33-21)30(3)15-5-7-24-13(2)9-15/h6,8,10-13,15,24-25H,4-5,7,9H2,1-3H3/t13-,15+/m1/s1. The Morgan fingerprint density at radius 3 is 2.88 bits per heavy atom. The zero-order valence-corrected chi connectivity index (χ0v) is 20.5. The number of pyridine rings is 1. The maximum Gasteiger partial charge on any atom is 0.188 e. The zero-order chi connectivity index (χ0) is 22.5. The van der Waals surface area contributed by atoms with Crippen LogP contribution in [0.4, 0.5) is 5.13 Å². The van der Waals surface area contributed by atoms with Gasteiger partial charge in [-0.15, -0.1) is 0 Å². The molecule has 2 atom stereocenters. The molecule has 0 amide bonds. The van der Waals surface area contributed by atoms with E-state index in [0.29, 0.717) is 12.1 Å². The summed E-state index contributed by atoms with van der Waals surface area (Å²) in [7, 11) is 2.16. The molecule has 0 aliphatic carbocycles. The number of thiazole rings is 2. The van der Waals surface area contributed by atoms with Gasteiger partial charge in [-0.25, -0.2) is 9.97 Å². The average Bonchev–Trinajstić information content (AvgIpc) is 3.61.